The molecule has 0 unspecified atom stereocenters. The molecule has 76 valence electrons. The van der Waals surface area contributed by atoms with Gasteiger partial charge in [0.05, 0.1) is 0 Å². The van der Waals surface area contributed by atoms with E-state index in [0.717, 1.165) is 8.95 Å². The lowest BCUT2D eigenvalue weighted by molar-refractivity contribution is 1.46. The van der Waals surface area contributed by atoms with Crippen LogP contribution < -0.4 is 0 Å². The van der Waals surface area contributed by atoms with E-state index in [1.807, 2.05) is 12.1 Å². The molecule has 0 aliphatic heterocycles. The highest BCUT2D eigenvalue weighted by Crippen LogP contribution is 2.33. The molecule has 0 aromatic heterocycles. The quantitative estimate of drug-likeness (QED) is 0.677. The standard InChI is InChI=1S/C13H10Br2/c1-9-5-7-10(8-6-9)11-3-2-4-12(14)13(11)15/h2-8H,1H3. The Morgan fingerprint density at radius 2 is 1.53 bits per heavy atom. The van der Waals surface area contributed by atoms with E-state index in [1.54, 1.807) is 0 Å². The highest BCUT2D eigenvalue weighted by Gasteiger charge is 2.04. The van der Waals surface area contributed by atoms with Crippen LogP contribution in [0.5, 0.6) is 0 Å². The van der Waals surface area contributed by atoms with Crippen LogP contribution >= 0.6 is 31.9 Å². The normalized spacial score (nSPS) is 10.3. The molecule has 0 fully saturated rings. The molecule has 0 heterocycles. The summed E-state index contributed by atoms with van der Waals surface area (Å²) in [6.45, 7) is 2.10. The summed E-state index contributed by atoms with van der Waals surface area (Å²) in [6, 6.07) is 14.7. The summed E-state index contributed by atoms with van der Waals surface area (Å²) < 4.78 is 2.19. The van der Waals surface area contributed by atoms with Crippen molar-refractivity contribution < 1.29 is 0 Å². The molecule has 0 atom stereocenters. The van der Waals surface area contributed by atoms with Crippen molar-refractivity contribution in [2.45, 2.75) is 6.92 Å². The zero-order chi connectivity index (χ0) is 10.8. The molecule has 0 N–H and O–H groups in total. The fraction of sp³-hybridized carbons (Fsp3) is 0.0769. The van der Waals surface area contributed by atoms with Crippen molar-refractivity contribution in [1.29, 1.82) is 0 Å². The Morgan fingerprint density at radius 3 is 2.20 bits per heavy atom. The number of aryl methyl sites for hydroxylation is 1. The summed E-state index contributed by atoms with van der Waals surface area (Å²) in [5.74, 6) is 0. The highest BCUT2D eigenvalue weighted by atomic mass is 79.9. The van der Waals surface area contributed by atoms with Crippen LogP contribution in [-0.2, 0) is 0 Å². The lowest BCUT2D eigenvalue weighted by Crippen LogP contribution is -1.81. The summed E-state index contributed by atoms with van der Waals surface area (Å²) in [7, 11) is 0. The Kier molecular flexibility index (Phi) is 3.27. The first-order valence-corrected chi connectivity index (χ1v) is 6.28. The molecule has 0 radical (unpaired) electrons. The maximum absolute atomic E-state index is 3.59. The fourth-order valence-electron chi connectivity index (χ4n) is 1.46. The largest absolute Gasteiger partial charge is 0.0604 e. The van der Waals surface area contributed by atoms with Crippen LogP contribution in [0.15, 0.2) is 51.4 Å². The Morgan fingerprint density at radius 1 is 0.867 bits per heavy atom. The summed E-state index contributed by atoms with van der Waals surface area (Å²) >= 11 is 7.10. The third-order valence-corrected chi connectivity index (χ3v) is 4.36. The molecular weight excluding hydrogens is 316 g/mol. The lowest BCUT2D eigenvalue weighted by atomic mass is 10.0. The predicted molar refractivity (Wildman–Crippen MR) is 72.0 cm³/mol. The van der Waals surface area contributed by atoms with Gasteiger partial charge in [0.1, 0.15) is 0 Å². The van der Waals surface area contributed by atoms with Gasteiger partial charge in [-0.1, -0.05) is 42.0 Å². The molecule has 15 heavy (non-hydrogen) atoms. The predicted octanol–water partition coefficient (Wildman–Crippen LogP) is 5.19. The van der Waals surface area contributed by atoms with E-state index in [2.05, 4.69) is 69.1 Å². The van der Waals surface area contributed by atoms with Crippen molar-refractivity contribution in [3.63, 3.8) is 0 Å². The maximum Gasteiger partial charge on any atom is 0.0395 e. The molecule has 0 nitrogen and oxygen atoms in total. The van der Waals surface area contributed by atoms with Crippen LogP contribution in [0, 0.1) is 6.92 Å². The van der Waals surface area contributed by atoms with Gasteiger partial charge in [0.15, 0.2) is 0 Å². The fourth-order valence-corrected chi connectivity index (χ4v) is 2.32. The minimum Gasteiger partial charge on any atom is -0.0604 e. The topological polar surface area (TPSA) is 0 Å². The molecule has 2 rings (SSSR count). The van der Waals surface area contributed by atoms with Crippen molar-refractivity contribution in [3.8, 4) is 11.1 Å². The van der Waals surface area contributed by atoms with E-state index >= 15 is 0 Å². The van der Waals surface area contributed by atoms with E-state index in [0.29, 0.717) is 0 Å². The van der Waals surface area contributed by atoms with Crippen molar-refractivity contribution in [1.82, 2.24) is 0 Å². The van der Waals surface area contributed by atoms with Crippen molar-refractivity contribution in [2.24, 2.45) is 0 Å². The van der Waals surface area contributed by atoms with Crippen molar-refractivity contribution in [3.05, 3.63) is 57.0 Å². The lowest BCUT2D eigenvalue weighted by Gasteiger charge is -2.06. The third kappa shape index (κ3) is 2.32. The Balaban J connectivity index is 2.54. The maximum atomic E-state index is 3.59. The molecular formula is C13H10Br2. The summed E-state index contributed by atoms with van der Waals surface area (Å²) in [6.07, 6.45) is 0. The Hall–Kier alpha value is -0.600. The van der Waals surface area contributed by atoms with Crippen LogP contribution in [0.4, 0.5) is 0 Å². The summed E-state index contributed by atoms with van der Waals surface area (Å²) in [5.41, 5.74) is 3.73. The van der Waals surface area contributed by atoms with E-state index in [9.17, 15) is 0 Å². The first-order valence-electron chi connectivity index (χ1n) is 4.69. The first kappa shape index (κ1) is 10.9. The second-order valence-corrected chi connectivity index (χ2v) is 5.11. The van der Waals surface area contributed by atoms with Gasteiger partial charge in [0, 0.05) is 8.95 Å². The van der Waals surface area contributed by atoms with Crippen LogP contribution in [0.25, 0.3) is 11.1 Å². The van der Waals surface area contributed by atoms with E-state index in [-0.39, 0.29) is 0 Å². The van der Waals surface area contributed by atoms with E-state index in [4.69, 9.17) is 0 Å². The van der Waals surface area contributed by atoms with Crippen LogP contribution in [0.2, 0.25) is 0 Å². The second kappa shape index (κ2) is 4.50. The van der Waals surface area contributed by atoms with Crippen molar-refractivity contribution in [2.75, 3.05) is 0 Å². The molecule has 2 aromatic rings. The van der Waals surface area contributed by atoms with Gasteiger partial charge in [-0.05, 0) is 56.0 Å². The van der Waals surface area contributed by atoms with Gasteiger partial charge < -0.3 is 0 Å². The van der Waals surface area contributed by atoms with Gasteiger partial charge in [-0.3, -0.25) is 0 Å². The molecule has 2 heteroatoms. The van der Waals surface area contributed by atoms with Gasteiger partial charge in [-0.2, -0.15) is 0 Å². The monoisotopic (exact) mass is 324 g/mol. The molecule has 0 bridgehead atoms. The molecule has 0 saturated carbocycles. The van der Waals surface area contributed by atoms with Gasteiger partial charge in [-0.15, -0.1) is 0 Å². The second-order valence-electron chi connectivity index (χ2n) is 3.47. The Labute approximate surface area is 107 Å². The van der Waals surface area contributed by atoms with Gasteiger partial charge >= 0.3 is 0 Å². The van der Waals surface area contributed by atoms with Crippen LogP contribution in [0.1, 0.15) is 5.56 Å². The molecule has 0 spiro atoms. The third-order valence-electron chi connectivity index (χ3n) is 2.31. The molecule has 0 saturated heterocycles. The van der Waals surface area contributed by atoms with E-state index < -0.39 is 0 Å². The Bertz CT molecular complexity index is 472. The van der Waals surface area contributed by atoms with Crippen LogP contribution in [-0.4, -0.2) is 0 Å². The minimum absolute atomic E-state index is 1.08. The summed E-state index contributed by atoms with van der Waals surface area (Å²) in [4.78, 5) is 0. The summed E-state index contributed by atoms with van der Waals surface area (Å²) in [5, 5.41) is 0. The molecule has 2 aromatic carbocycles. The zero-order valence-corrected chi connectivity index (χ0v) is 11.5. The molecule has 0 aliphatic carbocycles. The molecule has 0 amide bonds. The van der Waals surface area contributed by atoms with Crippen molar-refractivity contribution >= 4 is 31.9 Å². The number of hydrogen-bond acceptors (Lipinski definition) is 0. The number of rotatable bonds is 1. The number of hydrogen-bond donors (Lipinski definition) is 0. The smallest absolute Gasteiger partial charge is 0.0395 e. The van der Waals surface area contributed by atoms with Gasteiger partial charge in [0.2, 0.25) is 0 Å². The minimum atomic E-state index is 1.08. The number of benzene rings is 2. The van der Waals surface area contributed by atoms with E-state index in [1.165, 1.54) is 16.7 Å². The van der Waals surface area contributed by atoms with Gasteiger partial charge in [0.25, 0.3) is 0 Å². The first-order chi connectivity index (χ1) is 7.18. The average molecular weight is 326 g/mol. The number of halogens is 2. The average Bonchev–Trinajstić information content (AvgIpc) is 2.24. The SMILES string of the molecule is Cc1ccc(-c2cccc(Br)c2Br)cc1. The molecule has 0 aliphatic rings. The zero-order valence-electron chi connectivity index (χ0n) is 8.30. The van der Waals surface area contributed by atoms with Gasteiger partial charge in [-0.25, -0.2) is 0 Å². The van der Waals surface area contributed by atoms with Crippen LogP contribution in [0.3, 0.4) is 0 Å². The highest BCUT2D eigenvalue weighted by molar-refractivity contribution is 9.13.